The average molecular weight is 359 g/mol. The second-order valence-electron chi connectivity index (χ2n) is 5.84. The van der Waals surface area contributed by atoms with Crippen LogP contribution in [-0.4, -0.2) is 22.7 Å². The van der Waals surface area contributed by atoms with Crippen molar-refractivity contribution in [3.8, 4) is 5.75 Å². The van der Waals surface area contributed by atoms with Gasteiger partial charge in [0, 0.05) is 23.4 Å². The molecule has 0 aliphatic carbocycles. The number of benzene rings is 1. The van der Waals surface area contributed by atoms with Crippen molar-refractivity contribution in [2.75, 3.05) is 11.9 Å². The molecule has 0 atom stereocenters. The van der Waals surface area contributed by atoms with Crippen molar-refractivity contribution in [1.29, 1.82) is 0 Å². The fraction of sp³-hybridized carbons (Fsp3) is 0.294. The number of anilines is 1. The second-order valence-corrected chi connectivity index (χ2v) is 6.85. The lowest BCUT2D eigenvalue weighted by molar-refractivity contribution is -0.118. The van der Waals surface area contributed by atoms with Gasteiger partial charge >= 0.3 is 5.63 Å². The first-order valence-corrected chi connectivity index (χ1v) is 8.54. The van der Waals surface area contributed by atoms with Gasteiger partial charge in [-0.25, -0.2) is 4.79 Å². The molecular formula is C17H17N3O4S. The lowest BCUT2D eigenvalue weighted by atomic mass is 10.1. The maximum absolute atomic E-state index is 12.0. The van der Waals surface area contributed by atoms with Crippen LogP contribution in [0.4, 0.5) is 5.13 Å². The highest BCUT2D eigenvalue weighted by molar-refractivity contribution is 7.15. The highest BCUT2D eigenvalue weighted by Gasteiger charge is 2.11. The number of fused-ring (bicyclic) bond motifs is 1. The van der Waals surface area contributed by atoms with Gasteiger partial charge in [-0.3, -0.25) is 10.1 Å². The zero-order valence-electron chi connectivity index (χ0n) is 14.0. The molecule has 1 amide bonds. The van der Waals surface area contributed by atoms with Crippen LogP contribution in [0.25, 0.3) is 11.0 Å². The standard InChI is InChI=1S/C17H17N3O4S/c1-9(2)16-19-20-17(25-16)18-14(21)8-23-11-4-5-12-10(3)6-15(22)24-13(12)7-11/h4-7,9H,8H2,1-3H3,(H,18,20,21). The first-order valence-electron chi connectivity index (χ1n) is 7.73. The number of hydrogen-bond donors (Lipinski definition) is 1. The Balaban J connectivity index is 1.65. The maximum atomic E-state index is 12.0. The van der Waals surface area contributed by atoms with Gasteiger partial charge in [-0.2, -0.15) is 0 Å². The molecule has 3 rings (SSSR count). The summed E-state index contributed by atoms with van der Waals surface area (Å²) >= 11 is 1.34. The van der Waals surface area contributed by atoms with Crippen LogP contribution in [0.15, 0.2) is 33.5 Å². The SMILES string of the molecule is Cc1cc(=O)oc2cc(OCC(=O)Nc3nnc(C(C)C)s3)ccc12. The zero-order chi connectivity index (χ0) is 18.0. The number of carbonyl (C=O) groups excluding carboxylic acids is 1. The van der Waals surface area contributed by atoms with Crippen molar-refractivity contribution in [3.05, 3.63) is 45.3 Å². The summed E-state index contributed by atoms with van der Waals surface area (Å²) in [5, 5.41) is 12.7. The Bertz CT molecular complexity index is 977. The van der Waals surface area contributed by atoms with Gasteiger partial charge in [-0.05, 0) is 24.6 Å². The lowest BCUT2D eigenvalue weighted by Gasteiger charge is -2.07. The van der Waals surface area contributed by atoms with Crippen molar-refractivity contribution < 1.29 is 13.9 Å². The summed E-state index contributed by atoms with van der Waals surface area (Å²) in [5.74, 6) is 0.365. The van der Waals surface area contributed by atoms with Gasteiger partial charge in [-0.1, -0.05) is 25.2 Å². The van der Waals surface area contributed by atoms with E-state index in [1.165, 1.54) is 17.4 Å². The molecular weight excluding hydrogens is 342 g/mol. The number of carbonyl (C=O) groups is 1. The maximum Gasteiger partial charge on any atom is 0.336 e. The number of hydrogen-bond acceptors (Lipinski definition) is 7. The zero-order valence-corrected chi connectivity index (χ0v) is 14.8. The summed E-state index contributed by atoms with van der Waals surface area (Å²) in [6.45, 7) is 5.67. The molecule has 3 aromatic rings. The first kappa shape index (κ1) is 17.1. The fourth-order valence-corrected chi connectivity index (χ4v) is 2.98. The molecule has 0 saturated heterocycles. The number of aromatic nitrogens is 2. The van der Waals surface area contributed by atoms with Crippen molar-refractivity contribution >= 4 is 33.3 Å². The minimum atomic E-state index is -0.419. The predicted molar refractivity (Wildman–Crippen MR) is 95.3 cm³/mol. The summed E-state index contributed by atoms with van der Waals surface area (Å²) < 4.78 is 10.6. The van der Waals surface area contributed by atoms with Crippen LogP contribution in [0, 0.1) is 6.92 Å². The van der Waals surface area contributed by atoms with Gasteiger partial charge in [0.15, 0.2) is 6.61 Å². The van der Waals surface area contributed by atoms with E-state index < -0.39 is 5.63 Å². The third kappa shape index (κ3) is 4.03. The Hall–Kier alpha value is -2.74. The Kier molecular flexibility index (Phi) is 4.80. The van der Waals surface area contributed by atoms with Gasteiger partial charge < -0.3 is 9.15 Å². The highest BCUT2D eigenvalue weighted by Crippen LogP contribution is 2.23. The molecule has 130 valence electrons. The molecule has 0 unspecified atom stereocenters. The summed E-state index contributed by atoms with van der Waals surface area (Å²) in [5.41, 5.74) is 0.832. The van der Waals surface area contributed by atoms with Crippen molar-refractivity contribution in [2.45, 2.75) is 26.7 Å². The van der Waals surface area contributed by atoms with Crippen molar-refractivity contribution in [1.82, 2.24) is 10.2 Å². The van der Waals surface area contributed by atoms with Gasteiger partial charge in [0.25, 0.3) is 5.91 Å². The van der Waals surface area contributed by atoms with Gasteiger partial charge in [-0.15, -0.1) is 10.2 Å². The van der Waals surface area contributed by atoms with E-state index in [-0.39, 0.29) is 18.4 Å². The molecule has 0 bridgehead atoms. The lowest BCUT2D eigenvalue weighted by Crippen LogP contribution is -2.20. The smallest absolute Gasteiger partial charge is 0.336 e. The molecule has 0 fully saturated rings. The largest absolute Gasteiger partial charge is 0.484 e. The van der Waals surface area contributed by atoms with Gasteiger partial charge in [0.2, 0.25) is 5.13 Å². The molecule has 0 aliphatic rings. The topological polar surface area (TPSA) is 94.3 Å². The molecule has 0 spiro atoms. The fourth-order valence-electron chi connectivity index (χ4n) is 2.22. The Morgan fingerprint density at radius 2 is 2.12 bits per heavy atom. The number of nitrogens with one attached hydrogen (secondary N) is 1. The minimum absolute atomic E-state index is 0.182. The second kappa shape index (κ2) is 7.02. The quantitative estimate of drug-likeness (QED) is 0.704. The van der Waals surface area contributed by atoms with E-state index >= 15 is 0 Å². The molecule has 2 aromatic heterocycles. The van der Waals surface area contributed by atoms with E-state index in [0.717, 1.165) is 16.0 Å². The van der Waals surface area contributed by atoms with Gasteiger partial charge in [0.1, 0.15) is 16.3 Å². The van der Waals surface area contributed by atoms with Crippen LogP contribution >= 0.6 is 11.3 Å². The highest BCUT2D eigenvalue weighted by atomic mass is 32.1. The number of amides is 1. The van der Waals surface area contributed by atoms with Crippen LogP contribution in [0.2, 0.25) is 0 Å². The monoisotopic (exact) mass is 359 g/mol. The van der Waals surface area contributed by atoms with E-state index in [2.05, 4.69) is 15.5 Å². The molecule has 1 N–H and O–H groups in total. The van der Waals surface area contributed by atoms with E-state index in [9.17, 15) is 9.59 Å². The molecule has 2 heterocycles. The van der Waals surface area contributed by atoms with E-state index in [0.29, 0.717) is 16.5 Å². The van der Waals surface area contributed by atoms with E-state index in [1.54, 1.807) is 18.2 Å². The van der Waals surface area contributed by atoms with Crippen LogP contribution in [0.5, 0.6) is 5.75 Å². The van der Waals surface area contributed by atoms with Crippen molar-refractivity contribution in [2.24, 2.45) is 0 Å². The van der Waals surface area contributed by atoms with Crippen LogP contribution in [0.3, 0.4) is 0 Å². The molecule has 0 saturated carbocycles. The summed E-state index contributed by atoms with van der Waals surface area (Å²) in [4.78, 5) is 23.4. The summed E-state index contributed by atoms with van der Waals surface area (Å²) in [6, 6.07) is 6.55. The number of rotatable bonds is 5. The summed E-state index contributed by atoms with van der Waals surface area (Å²) in [7, 11) is 0. The van der Waals surface area contributed by atoms with Crippen LogP contribution in [-0.2, 0) is 4.79 Å². The molecule has 1 aromatic carbocycles. The molecule has 8 heteroatoms. The minimum Gasteiger partial charge on any atom is -0.484 e. The number of nitrogens with zero attached hydrogens (tertiary/aromatic N) is 2. The van der Waals surface area contributed by atoms with E-state index in [4.69, 9.17) is 9.15 Å². The third-order valence-electron chi connectivity index (χ3n) is 3.47. The Labute approximate surface area is 147 Å². The number of ether oxygens (including phenoxy) is 1. The van der Waals surface area contributed by atoms with Crippen molar-refractivity contribution in [3.63, 3.8) is 0 Å². The van der Waals surface area contributed by atoms with Crippen LogP contribution in [0.1, 0.15) is 30.3 Å². The average Bonchev–Trinajstić information content (AvgIpc) is 3.01. The number of aryl methyl sites for hydroxylation is 1. The first-order chi connectivity index (χ1) is 11.9. The van der Waals surface area contributed by atoms with E-state index in [1.807, 2.05) is 20.8 Å². The molecule has 7 nitrogen and oxygen atoms in total. The molecule has 0 radical (unpaired) electrons. The molecule has 0 aliphatic heterocycles. The summed E-state index contributed by atoms with van der Waals surface area (Å²) in [6.07, 6.45) is 0. The molecule has 25 heavy (non-hydrogen) atoms. The Morgan fingerprint density at radius 3 is 2.84 bits per heavy atom. The van der Waals surface area contributed by atoms with Crippen LogP contribution < -0.4 is 15.7 Å². The predicted octanol–water partition coefficient (Wildman–Crippen LogP) is 3.09. The normalized spacial score (nSPS) is 11.0. The van der Waals surface area contributed by atoms with Gasteiger partial charge in [0.05, 0.1) is 0 Å². The third-order valence-corrected chi connectivity index (χ3v) is 4.61. The Morgan fingerprint density at radius 1 is 1.32 bits per heavy atom.